The van der Waals surface area contributed by atoms with E-state index in [4.69, 9.17) is 38.9 Å². The molecule has 1 spiro atoms. The first kappa shape index (κ1) is 39.4. The maximum Gasteiger partial charge on any atom is 0.317 e. The summed E-state index contributed by atoms with van der Waals surface area (Å²) in [5.41, 5.74) is 9.56. The lowest BCUT2D eigenvalue weighted by Crippen LogP contribution is -2.74. The van der Waals surface area contributed by atoms with Gasteiger partial charge < -0.3 is 69.5 Å². The lowest BCUT2D eigenvalue weighted by molar-refractivity contribution is -0.321. The van der Waals surface area contributed by atoms with E-state index in [-0.39, 0.29) is 11.7 Å². The fourth-order valence-electron chi connectivity index (χ4n) is 8.99. The Labute approximate surface area is 343 Å². The van der Waals surface area contributed by atoms with Crippen LogP contribution in [0.3, 0.4) is 0 Å². The number of methoxy groups -OCH3 is 2. The van der Waals surface area contributed by atoms with Gasteiger partial charge in [-0.2, -0.15) is 0 Å². The first-order valence-electron chi connectivity index (χ1n) is 19.5. The number of aliphatic hydroxyl groups excluding tert-OH is 3. The highest BCUT2D eigenvalue weighted by Crippen LogP contribution is 2.59. The molecule has 1 saturated heterocycles. The number of allylic oxidation sites excluding steroid dienone is 1. The Balaban J connectivity index is 1.12. The average molecular weight is 825 g/mol. The average Bonchev–Trinajstić information content (AvgIpc) is 3.94. The summed E-state index contributed by atoms with van der Waals surface area (Å²) in [7, 11) is 3.13. The van der Waals surface area contributed by atoms with Crippen molar-refractivity contribution in [3.8, 4) is 28.7 Å². The Hall–Kier alpha value is -6.11. The molecule has 1 fully saturated rings. The number of nitrogens with zero attached hydrogens (tertiary/aromatic N) is 2. The lowest BCUT2D eigenvalue weighted by Gasteiger charge is -2.52. The molecule has 0 bridgehead atoms. The van der Waals surface area contributed by atoms with E-state index in [0.29, 0.717) is 42.5 Å². The van der Waals surface area contributed by atoms with Crippen molar-refractivity contribution < 1.29 is 63.2 Å². The topological polar surface area (TPSA) is 233 Å². The summed E-state index contributed by atoms with van der Waals surface area (Å²) in [6, 6.07) is 17.2. The minimum atomic E-state index is -2.08. The van der Waals surface area contributed by atoms with Crippen LogP contribution >= 0.6 is 0 Å². The van der Waals surface area contributed by atoms with Crippen molar-refractivity contribution in [1.82, 2.24) is 10.2 Å². The van der Waals surface area contributed by atoms with Crippen LogP contribution in [0, 0.1) is 0 Å². The molecule has 0 unspecified atom stereocenters. The maximum atomic E-state index is 12.6. The summed E-state index contributed by atoms with van der Waals surface area (Å²) in [5.74, 6) is -0.751. The van der Waals surface area contributed by atoms with Crippen molar-refractivity contribution >= 4 is 18.2 Å². The van der Waals surface area contributed by atoms with Gasteiger partial charge in [-0.15, -0.1) is 0 Å². The molecule has 6 aliphatic rings. The third-order valence-electron chi connectivity index (χ3n) is 11.7. The molecule has 3 aromatic rings. The number of ether oxygens (including phenoxy) is 7. The molecule has 6 heterocycles. The van der Waals surface area contributed by atoms with Gasteiger partial charge in [-0.05, 0) is 41.6 Å². The van der Waals surface area contributed by atoms with Gasteiger partial charge in [0.15, 0.2) is 23.2 Å². The fraction of sp³-hybridized carbons (Fsp3) is 0.372. The van der Waals surface area contributed by atoms with Gasteiger partial charge in [0, 0.05) is 54.7 Å². The molecular formula is C43H44N4O13. The highest BCUT2D eigenvalue weighted by atomic mass is 16.7. The Bertz CT molecular complexity index is 2320. The number of nitrogens with one attached hydrogen (secondary N) is 1. The molecule has 314 valence electrons. The zero-order valence-electron chi connectivity index (χ0n) is 32.5. The summed E-state index contributed by atoms with van der Waals surface area (Å²) in [5, 5.41) is 46.0. The number of benzene rings is 3. The first-order valence-corrected chi connectivity index (χ1v) is 19.5. The van der Waals surface area contributed by atoms with Gasteiger partial charge in [0.05, 0.1) is 25.8 Å². The molecule has 3 aromatic carbocycles. The van der Waals surface area contributed by atoms with Gasteiger partial charge in [-0.1, -0.05) is 36.4 Å². The maximum absolute atomic E-state index is 12.6. The highest BCUT2D eigenvalue weighted by molar-refractivity contribution is 5.90. The number of nitrogens with two attached hydrogens (primary N) is 1. The molecular weight excluding hydrogens is 780 g/mol. The van der Waals surface area contributed by atoms with E-state index in [9.17, 15) is 30.0 Å². The van der Waals surface area contributed by atoms with Gasteiger partial charge in [0.1, 0.15) is 54.6 Å². The van der Waals surface area contributed by atoms with Gasteiger partial charge in [-0.25, -0.2) is 0 Å². The van der Waals surface area contributed by atoms with Crippen molar-refractivity contribution in [1.29, 1.82) is 0 Å². The standard InChI is InChI=1S/C43H44N4O13/c1-54-27-9-8-25-33-28(14-21-6-4-3-5-7-21)57-29-16-24(15-23(19-47-18-22-10-12-45-26(22)20-47)32(29)38(33)59-36(25)37(27)55-2)56-42-35(52)34(51)39(53)43(60-42)11-13-46-41(44)40(43)58-31(50)17-30(48)49/h3-13,15-16,20,28,33-35,38-42,46,51-53H,14,17-19,44H2,1-2H3,(H,48,49)/t28-,33-,34-,35-,38+,39+,40-,41+,42-,43+/m1/s1. The zero-order chi connectivity index (χ0) is 41.9. The van der Waals surface area contributed by atoms with Crippen LogP contribution in [0.1, 0.15) is 40.7 Å². The number of carbonyl (C=O) groups is 2. The SMILES string of the molecule is COc1ccc2c(c1OC)O[C@H]1c3c(CN4C=C5N=CC=C5C4)cc(O[C@@H]4O[C@@]5(C=CN[C@H](N)[C@H]5OC(=O)CC(=O)O)[C@@H](O)[C@H](O)[C@H]4O)cc3O[C@H](Cc3ccccc3)[C@@H]21. The summed E-state index contributed by atoms with van der Waals surface area (Å²) in [4.78, 5) is 30.5. The number of carbonyl (C=O) groups excluding carboxylic acids is 1. The summed E-state index contributed by atoms with van der Waals surface area (Å²) < 4.78 is 43.5. The third kappa shape index (κ3) is 6.77. The van der Waals surface area contributed by atoms with Crippen LogP contribution in [0.15, 0.2) is 95.4 Å². The van der Waals surface area contributed by atoms with Crippen molar-refractivity contribution in [2.75, 3.05) is 20.8 Å². The van der Waals surface area contributed by atoms with Crippen molar-refractivity contribution in [3.05, 3.63) is 113 Å². The molecule has 7 N–H and O–H groups in total. The number of hydrogen-bond acceptors (Lipinski definition) is 16. The zero-order valence-corrected chi connectivity index (χ0v) is 32.5. The number of aliphatic imine (C=N–C) groups is 1. The molecule has 17 heteroatoms. The number of carboxylic acids is 1. The molecule has 6 aliphatic heterocycles. The molecule has 0 radical (unpaired) electrons. The Morgan fingerprint density at radius 1 is 1.05 bits per heavy atom. The number of esters is 1. The van der Waals surface area contributed by atoms with E-state index < -0.39 is 73.0 Å². The molecule has 0 saturated carbocycles. The molecule has 0 amide bonds. The Morgan fingerprint density at radius 2 is 1.87 bits per heavy atom. The van der Waals surface area contributed by atoms with E-state index >= 15 is 0 Å². The fourth-order valence-corrected chi connectivity index (χ4v) is 8.99. The van der Waals surface area contributed by atoms with E-state index in [1.165, 1.54) is 12.3 Å². The van der Waals surface area contributed by atoms with E-state index in [0.717, 1.165) is 33.5 Å². The van der Waals surface area contributed by atoms with Crippen LogP contribution in [0.4, 0.5) is 0 Å². The Kier molecular flexibility index (Phi) is 10.2. The van der Waals surface area contributed by atoms with Crippen molar-refractivity contribution in [3.63, 3.8) is 0 Å². The molecule has 17 nitrogen and oxygen atoms in total. The minimum absolute atomic E-state index is 0.170. The molecule has 0 aromatic heterocycles. The third-order valence-corrected chi connectivity index (χ3v) is 11.7. The van der Waals surface area contributed by atoms with Gasteiger partial charge >= 0.3 is 11.9 Å². The van der Waals surface area contributed by atoms with Gasteiger partial charge in [0.2, 0.25) is 12.0 Å². The van der Waals surface area contributed by atoms with Crippen molar-refractivity contribution in [2.24, 2.45) is 10.7 Å². The summed E-state index contributed by atoms with van der Waals surface area (Å²) in [6.45, 7) is 0.947. The van der Waals surface area contributed by atoms with Crippen LogP contribution in [-0.4, -0.2) is 113 Å². The first-order chi connectivity index (χ1) is 29.0. The monoisotopic (exact) mass is 824 g/mol. The van der Waals surface area contributed by atoms with Crippen LogP contribution < -0.4 is 34.7 Å². The minimum Gasteiger partial charge on any atom is -0.493 e. The predicted octanol–water partition coefficient (Wildman–Crippen LogP) is 1.94. The quantitative estimate of drug-likeness (QED) is 0.120. The molecule has 9 rings (SSSR count). The second-order valence-electron chi connectivity index (χ2n) is 15.4. The van der Waals surface area contributed by atoms with Crippen LogP contribution in [0.25, 0.3) is 0 Å². The van der Waals surface area contributed by atoms with Gasteiger partial charge in [-0.3, -0.25) is 14.6 Å². The second-order valence-corrected chi connectivity index (χ2v) is 15.4. The normalized spacial score (nSPS) is 30.4. The van der Waals surface area contributed by atoms with E-state index in [1.807, 2.05) is 54.7 Å². The highest BCUT2D eigenvalue weighted by Gasteiger charge is 2.61. The van der Waals surface area contributed by atoms with Crippen molar-refractivity contribution in [2.45, 2.75) is 80.0 Å². The smallest absolute Gasteiger partial charge is 0.317 e. The number of hydrogen-bond donors (Lipinski definition) is 6. The second kappa shape index (κ2) is 15.5. The number of fused-ring (bicyclic) bond motifs is 6. The summed E-state index contributed by atoms with van der Waals surface area (Å²) >= 11 is 0. The number of carboxylic acid groups (broad SMARTS) is 1. The van der Waals surface area contributed by atoms with Crippen LogP contribution in [0.2, 0.25) is 0 Å². The predicted molar refractivity (Wildman–Crippen MR) is 210 cm³/mol. The number of aliphatic hydroxyl groups is 3. The molecule has 60 heavy (non-hydrogen) atoms. The largest absolute Gasteiger partial charge is 0.493 e. The summed E-state index contributed by atoms with van der Waals surface area (Å²) in [6.07, 6.45) is -3.21. The number of aliphatic carboxylic acids is 1. The number of rotatable bonds is 11. The molecule has 10 atom stereocenters. The van der Waals surface area contributed by atoms with E-state index in [2.05, 4.69) is 15.2 Å². The Morgan fingerprint density at radius 3 is 2.62 bits per heavy atom. The lowest BCUT2D eigenvalue weighted by atomic mass is 9.79. The molecule has 0 aliphatic carbocycles. The van der Waals surface area contributed by atoms with Crippen LogP contribution in [0.5, 0.6) is 28.7 Å². The van der Waals surface area contributed by atoms with Gasteiger partial charge in [0.25, 0.3) is 0 Å². The van der Waals surface area contributed by atoms with E-state index in [1.54, 1.807) is 32.6 Å². The van der Waals surface area contributed by atoms with Crippen LogP contribution in [-0.2, 0) is 32.0 Å².